The Bertz CT molecular complexity index is 787. The van der Waals surface area contributed by atoms with Crippen LogP contribution in [0.15, 0.2) is 62.0 Å². The van der Waals surface area contributed by atoms with Gasteiger partial charge in [0.2, 0.25) is 0 Å². The summed E-state index contributed by atoms with van der Waals surface area (Å²) in [4.78, 5) is 5.71. The molecular weight excluding hydrogens is 340 g/mol. The van der Waals surface area contributed by atoms with E-state index in [4.69, 9.17) is 5.26 Å². The van der Waals surface area contributed by atoms with Gasteiger partial charge in [-0.3, -0.25) is 4.98 Å². The normalized spacial score (nSPS) is 15.9. The smallest absolute Gasteiger partial charge is 0.0991 e. The van der Waals surface area contributed by atoms with Gasteiger partial charge in [-0.15, -0.1) is 11.8 Å². The predicted octanol–water partition coefficient (Wildman–Crippen LogP) is 5.85. The molecule has 23 heavy (non-hydrogen) atoms. The highest BCUT2D eigenvalue weighted by Gasteiger charge is 2.18. The summed E-state index contributed by atoms with van der Waals surface area (Å²) in [6.45, 7) is 2.16. The molecular formula is C18H14N2S3. The lowest BCUT2D eigenvalue weighted by atomic mass is 10.1. The highest BCUT2D eigenvalue weighted by molar-refractivity contribution is 8.35. The molecule has 114 valence electrons. The molecule has 2 heterocycles. The summed E-state index contributed by atoms with van der Waals surface area (Å²) in [7, 11) is 0. The molecule has 0 saturated carbocycles. The minimum atomic E-state index is 0.694. The molecule has 2 nitrogen and oxygen atoms in total. The summed E-state index contributed by atoms with van der Waals surface area (Å²) < 4.78 is 2.62. The molecule has 0 N–H and O–H groups in total. The Morgan fingerprint density at radius 1 is 1.17 bits per heavy atom. The molecule has 3 rings (SSSR count). The first-order valence-corrected chi connectivity index (χ1v) is 9.67. The molecule has 0 atom stereocenters. The first-order valence-electron chi connectivity index (χ1n) is 7.06. The van der Waals surface area contributed by atoms with Gasteiger partial charge in [0.15, 0.2) is 0 Å². The molecule has 0 unspecified atom stereocenters. The van der Waals surface area contributed by atoms with Crippen LogP contribution in [-0.2, 0) is 5.75 Å². The average molecular weight is 355 g/mol. The lowest BCUT2D eigenvalue weighted by molar-refractivity contribution is 1.18. The van der Waals surface area contributed by atoms with Crippen LogP contribution in [0.5, 0.6) is 0 Å². The van der Waals surface area contributed by atoms with E-state index in [2.05, 4.69) is 30.1 Å². The molecule has 1 aromatic carbocycles. The van der Waals surface area contributed by atoms with Crippen LogP contribution in [0, 0.1) is 11.3 Å². The van der Waals surface area contributed by atoms with Crippen molar-refractivity contribution in [1.82, 2.24) is 4.98 Å². The summed E-state index contributed by atoms with van der Waals surface area (Å²) >= 11 is 5.47. The van der Waals surface area contributed by atoms with Crippen molar-refractivity contribution in [1.29, 1.82) is 5.26 Å². The monoisotopic (exact) mass is 354 g/mol. The van der Waals surface area contributed by atoms with Gasteiger partial charge in [0.05, 0.1) is 25.8 Å². The molecule has 0 aliphatic carbocycles. The van der Waals surface area contributed by atoms with Gasteiger partial charge in [-0.25, -0.2) is 0 Å². The molecule has 0 spiro atoms. The summed E-state index contributed by atoms with van der Waals surface area (Å²) in [5.74, 6) is 0.894. The van der Waals surface area contributed by atoms with Crippen LogP contribution in [0.2, 0.25) is 0 Å². The minimum absolute atomic E-state index is 0.694. The van der Waals surface area contributed by atoms with E-state index in [1.807, 2.05) is 77.9 Å². The SMILES string of the molecule is CC1=C(SCc2ccccn2)S/C(=C/c2ccc(C#N)cc2)S1. The third kappa shape index (κ3) is 4.44. The van der Waals surface area contributed by atoms with Crippen LogP contribution < -0.4 is 0 Å². The summed E-state index contributed by atoms with van der Waals surface area (Å²) in [5, 5.41) is 8.85. The molecule has 0 amide bonds. The first kappa shape index (κ1) is 16.3. The Hall–Kier alpha value is -1.61. The van der Waals surface area contributed by atoms with E-state index in [9.17, 15) is 0 Å². The number of hydrogen-bond acceptors (Lipinski definition) is 5. The van der Waals surface area contributed by atoms with Gasteiger partial charge in [0.25, 0.3) is 0 Å². The maximum absolute atomic E-state index is 8.85. The van der Waals surface area contributed by atoms with Crippen molar-refractivity contribution in [2.45, 2.75) is 12.7 Å². The number of nitrogens with zero attached hydrogens (tertiary/aromatic N) is 2. The second-order valence-electron chi connectivity index (χ2n) is 4.85. The molecule has 0 fully saturated rings. The quantitative estimate of drug-likeness (QED) is 0.688. The standard InChI is InChI=1S/C18H14N2S3/c1-13-18(21-12-16-4-2-3-9-20-16)23-17(22-13)10-14-5-7-15(11-19)8-6-14/h2-10H,12H2,1H3/b17-10+. The van der Waals surface area contributed by atoms with Gasteiger partial charge >= 0.3 is 0 Å². The molecule has 2 aromatic rings. The number of hydrogen-bond donors (Lipinski definition) is 0. The van der Waals surface area contributed by atoms with E-state index >= 15 is 0 Å². The molecule has 0 saturated heterocycles. The molecule has 1 aromatic heterocycles. The summed E-state index contributed by atoms with van der Waals surface area (Å²) in [6.07, 6.45) is 4.01. The Balaban J connectivity index is 1.63. The van der Waals surface area contributed by atoms with Crippen LogP contribution in [0.25, 0.3) is 6.08 Å². The second-order valence-corrected chi connectivity index (χ2v) is 8.67. The van der Waals surface area contributed by atoms with Gasteiger partial charge in [-0.05, 0) is 42.8 Å². The fraction of sp³-hybridized carbons (Fsp3) is 0.111. The van der Waals surface area contributed by atoms with Crippen LogP contribution in [-0.4, -0.2) is 4.98 Å². The number of rotatable bonds is 4. The fourth-order valence-electron chi connectivity index (χ4n) is 1.98. The fourth-order valence-corrected chi connectivity index (χ4v) is 5.92. The zero-order valence-electron chi connectivity index (χ0n) is 12.5. The predicted molar refractivity (Wildman–Crippen MR) is 103 cm³/mol. The maximum Gasteiger partial charge on any atom is 0.0991 e. The maximum atomic E-state index is 8.85. The van der Waals surface area contributed by atoms with Crippen LogP contribution in [0.4, 0.5) is 0 Å². The average Bonchev–Trinajstić information content (AvgIpc) is 2.94. The number of allylic oxidation sites excluding steroid dienone is 1. The van der Waals surface area contributed by atoms with E-state index in [1.54, 1.807) is 0 Å². The van der Waals surface area contributed by atoms with Crippen molar-refractivity contribution in [3.05, 3.63) is 78.9 Å². The number of nitriles is 1. The van der Waals surface area contributed by atoms with E-state index in [1.165, 1.54) is 13.4 Å². The number of benzene rings is 1. The zero-order valence-corrected chi connectivity index (χ0v) is 15.0. The van der Waals surface area contributed by atoms with Gasteiger partial charge in [0, 0.05) is 16.9 Å². The van der Waals surface area contributed by atoms with Gasteiger partial charge < -0.3 is 0 Å². The largest absolute Gasteiger partial charge is 0.260 e. The van der Waals surface area contributed by atoms with Crippen molar-refractivity contribution in [3.8, 4) is 6.07 Å². The molecule has 0 radical (unpaired) electrons. The topological polar surface area (TPSA) is 36.7 Å². The second kappa shape index (κ2) is 7.78. The van der Waals surface area contributed by atoms with E-state index < -0.39 is 0 Å². The molecule has 5 heteroatoms. The Kier molecular flexibility index (Phi) is 5.50. The van der Waals surface area contributed by atoms with E-state index in [-0.39, 0.29) is 0 Å². The lowest BCUT2D eigenvalue weighted by Gasteiger charge is -2.02. The van der Waals surface area contributed by atoms with E-state index in [0.717, 1.165) is 17.0 Å². The number of pyridine rings is 1. The summed E-state index contributed by atoms with van der Waals surface area (Å²) in [5.41, 5.74) is 2.93. The van der Waals surface area contributed by atoms with Crippen molar-refractivity contribution >= 4 is 41.4 Å². The Morgan fingerprint density at radius 3 is 2.70 bits per heavy atom. The first-order chi connectivity index (χ1) is 11.2. The van der Waals surface area contributed by atoms with Gasteiger partial charge in [0.1, 0.15) is 0 Å². The Labute approximate surface area is 149 Å². The minimum Gasteiger partial charge on any atom is -0.260 e. The van der Waals surface area contributed by atoms with Crippen molar-refractivity contribution < 1.29 is 0 Å². The zero-order chi connectivity index (χ0) is 16.1. The third-order valence-electron chi connectivity index (χ3n) is 3.14. The number of aromatic nitrogens is 1. The third-order valence-corrected chi connectivity index (χ3v) is 7.15. The highest BCUT2D eigenvalue weighted by atomic mass is 32.2. The van der Waals surface area contributed by atoms with Crippen molar-refractivity contribution in [3.63, 3.8) is 0 Å². The summed E-state index contributed by atoms with van der Waals surface area (Å²) in [6, 6.07) is 15.9. The molecule has 0 bridgehead atoms. The molecule has 1 aliphatic rings. The van der Waals surface area contributed by atoms with Crippen molar-refractivity contribution in [2.24, 2.45) is 0 Å². The van der Waals surface area contributed by atoms with E-state index in [0.29, 0.717) is 5.56 Å². The molecule has 1 aliphatic heterocycles. The van der Waals surface area contributed by atoms with Gasteiger partial charge in [-0.1, -0.05) is 41.7 Å². The Morgan fingerprint density at radius 2 is 2.00 bits per heavy atom. The highest BCUT2D eigenvalue weighted by Crippen LogP contribution is 2.54. The van der Waals surface area contributed by atoms with Gasteiger partial charge in [-0.2, -0.15) is 5.26 Å². The lowest BCUT2D eigenvalue weighted by Crippen LogP contribution is -1.84. The van der Waals surface area contributed by atoms with Crippen LogP contribution >= 0.6 is 35.3 Å². The number of thioether (sulfide) groups is 3. The van der Waals surface area contributed by atoms with Crippen LogP contribution in [0.3, 0.4) is 0 Å². The van der Waals surface area contributed by atoms with Crippen molar-refractivity contribution in [2.75, 3.05) is 0 Å². The van der Waals surface area contributed by atoms with Crippen LogP contribution in [0.1, 0.15) is 23.7 Å².